The molecule has 1 atom stereocenters. The smallest absolute Gasteiger partial charge is 0.223 e. The normalized spacial score (nSPS) is 25.0. The van der Waals surface area contributed by atoms with E-state index in [1.165, 1.54) is 0 Å². The molecule has 0 aromatic heterocycles. The van der Waals surface area contributed by atoms with E-state index < -0.39 is 0 Å². The van der Waals surface area contributed by atoms with Crippen molar-refractivity contribution in [1.29, 1.82) is 0 Å². The van der Waals surface area contributed by atoms with Gasteiger partial charge in [0.15, 0.2) is 0 Å². The highest BCUT2D eigenvalue weighted by Crippen LogP contribution is 2.13. The van der Waals surface area contributed by atoms with Crippen LogP contribution in [0.4, 0.5) is 0 Å². The van der Waals surface area contributed by atoms with Crippen LogP contribution in [0.3, 0.4) is 0 Å². The second kappa shape index (κ2) is 2.86. The summed E-state index contributed by atoms with van der Waals surface area (Å²) in [5.74, 6) is 0.142. The van der Waals surface area contributed by atoms with E-state index in [-0.39, 0.29) is 5.91 Å². The minimum atomic E-state index is 0.142. The molecule has 0 bridgehead atoms. The number of nitrogens with zero attached hydrogens (tertiary/aromatic N) is 1. The number of carbonyl (C=O) groups excluding carboxylic acids is 1. The zero-order chi connectivity index (χ0) is 7.56. The molecule has 1 rings (SSSR count). The largest absolute Gasteiger partial charge is 0.317 e. The van der Waals surface area contributed by atoms with Gasteiger partial charge in [0.1, 0.15) is 0 Å². The Balaban J connectivity index is 2.64. The van der Waals surface area contributed by atoms with Crippen molar-refractivity contribution in [3.05, 3.63) is 12.3 Å². The van der Waals surface area contributed by atoms with Crippen LogP contribution in [0.25, 0.3) is 0 Å². The standard InChI is InChI=1S/C8H13NO/c1-7-5-3-4-6-9(7)8(2)10/h4,6-7H,3,5H2,1-2H3/t7-/m1/s1. The number of rotatable bonds is 0. The minimum Gasteiger partial charge on any atom is -0.317 e. The van der Waals surface area contributed by atoms with Crippen molar-refractivity contribution >= 4 is 5.91 Å². The van der Waals surface area contributed by atoms with Crippen molar-refractivity contribution in [1.82, 2.24) is 4.90 Å². The van der Waals surface area contributed by atoms with Crippen molar-refractivity contribution in [2.24, 2.45) is 0 Å². The molecule has 0 aliphatic carbocycles. The average Bonchev–Trinajstić information content (AvgIpc) is 1.88. The summed E-state index contributed by atoms with van der Waals surface area (Å²) in [6.07, 6.45) is 6.12. The predicted octanol–water partition coefficient (Wildman–Crippen LogP) is 1.53. The Morgan fingerprint density at radius 2 is 2.40 bits per heavy atom. The minimum absolute atomic E-state index is 0.142. The number of allylic oxidation sites excluding steroid dienone is 1. The fourth-order valence-corrected chi connectivity index (χ4v) is 1.23. The highest BCUT2D eigenvalue weighted by molar-refractivity contribution is 5.74. The van der Waals surface area contributed by atoms with Crippen LogP contribution in [-0.2, 0) is 4.79 Å². The third kappa shape index (κ3) is 1.38. The van der Waals surface area contributed by atoms with Crippen molar-refractivity contribution in [3.8, 4) is 0 Å². The zero-order valence-electron chi connectivity index (χ0n) is 6.50. The van der Waals surface area contributed by atoms with E-state index in [0.29, 0.717) is 6.04 Å². The fourth-order valence-electron chi connectivity index (χ4n) is 1.23. The van der Waals surface area contributed by atoms with Crippen LogP contribution < -0.4 is 0 Å². The van der Waals surface area contributed by atoms with Crippen LogP contribution in [0.1, 0.15) is 26.7 Å². The van der Waals surface area contributed by atoms with E-state index in [2.05, 4.69) is 6.92 Å². The number of amides is 1. The van der Waals surface area contributed by atoms with Gasteiger partial charge in [0.2, 0.25) is 5.91 Å². The Hall–Kier alpha value is -0.790. The molecule has 0 fully saturated rings. The van der Waals surface area contributed by atoms with Crippen LogP contribution in [0.2, 0.25) is 0 Å². The first kappa shape index (κ1) is 7.32. The number of hydrogen-bond donors (Lipinski definition) is 0. The van der Waals surface area contributed by atoms with Crippen LogP contribution >= 0.6 is 0 Å². The Kier molecular flexibility index (Phi) is 2.10. The van der Waals surface area contributed by atoms with Crippen LogP contribution in [0.15, 0.2) is 12.3 Å². The molecule has 0 aromatic carbocycles. The van der Waals surface area contributed by atoms with E-state index >= 15 is 0 Å². The third-order valence-electron chi connectivity index (χ3n) is 1.86. The van der Waals surface area contributed by atoms with Gasteiger partial charge < -0.3 is 4.90 Å². The summed E-state index contributed by atoms with van der Waals surface area (Å²) in [5, 5.41) is 0. The second-order valence-electron chi connectivity index (χ2n) is 2.74. The van der Waals surface area contributed by atoms with Crippen LogP contribution in [-0.4, -0.2) is 16.8 Å². The molecule has 0 spiro atoms. The Labute approximate surface area is 61.5 Å². The maximum atomic E-state index is 10.9. The zero-order valence-corrected chi connectivity index (χ0v) is 6.50. The van der Waals surface area contributed by atoms with Gasteiger partial charge in [-0.2, -0.15) is 0 Å². The van der Waals surface area contributed by atoms with Gasteiger partial charge >= 0.3 is 0 Å². The van der Waals surface area contributed by atoms with E-state index in [1.54, 1.807) is 11.8 Å². The Morgan fingerprint density at radius 3 is 2.80 bits per heavy atom. The Morgan fingerprint density at radius 1 is 1.70 bits per heavy atom. The SMILES string of the molecule is CC(=O)N1C=CCC[C@H]1C. The van der Waals surface area contributed by atoms with Crippen LogP contribution in [0.5, 0.6) is 0 Å². The summed E-state index contributed by atoms with van der Waals surface area (Å²) in [6.45, 7) is 3.68. The van der Waals surface area contributed by atoms with Gasteiger partial charge in [0.05, 0.1) is 0 Å². The molecule has 0 radical (unpaired) electrons. The first-order valence-electron chi connectivity index (χ1n) is 3.67. The predicted molar refractivity (Wildman–Crippen MR) is 40.4 cm³/mol. The van der Waals surface area contributed by atoms with Gasteiger partial charge in [-0.1, -0.05) is 6.08 Å². The molecule has 1 amide bonds. The summed E-state index contributed by atoms with van der Waals surface area (Å²) in [5.41, 5.74) is 0. The summed E-state index contributed by atoms with van der Waals surface area (Å²) >= 11 is 0. The van der Waals surface area contributed by atoms with E-state index in [1.807, 2.05) is 12.3 Å². The molecule has 2 nitrogen and oxygen atoms in total. The van der Waals surface area contributed by atoms with E-state index in [0.717, 1.165) is 12.8 Å². The molecule has 0 saturated heterocycles. The van der Waals surface area contributed by atoms with Gasteiger partial charge in [-0.25, -0.2) is 0 Å². The lowest BCUT2D eigenvalue weighted by molar-refractivity contribution is -0.128. The van der Waals surface area contributed by atoms with Gasteiger partial charge in [-0.05, 0) is 19.8 Å². The molecular formula is C8H13NO. The monoisotopic (exact) mass is 139 g/mol. The quantitative estimate of drug-likeness (QED) is 0.498. The molecule has 1 aliphatic heterocycles. The van der Waals surface area contributed by atoms with Crippen molar-refractivity contribution in [2.45, 2.75) is 32.7 Å². The lowest BCUT2D eigenvalue weighted by Gasteiger charge is -2.27. The topological polar surface area (TPSA) is 20.3 Å². The number of carbonyl (C=O) groups is 1. The molecule has 2 heteroatoms. The Bertz CT molecular complexity index is 163. The highest BCUT2D eigenvalue weighted by Gasteiger charge is 2.15. The maximum Gasteiger partial charge on any atom is 0.223 e. The van der Waals surface area contributed by atoms with Crippen molar-refractivity contribution < 1.29 is 4.79 Å². The van der Waals surface area contributed by atoms with Gasteiger partial charge in [0, 0.05) is 19.2 Å². The summed E-state index contributed by atoms with van der Waals surface area (Å²) in [7, 11) is 0. The molecule has 0 N–H and O–H groups in total. The maximum absolute atomic E-state index is 10.9. The molecule has 0 unspecified atom stereocenters. The van der Waals surface area contributed by atoms with Crippen molar-refractivity contribution in [3.63, 3.8) is 0 Å². The molecule has 0 saturated carbocycles. The van der Waals surface area contributed by atoms with Gasteiger partial charge in [0.25, 0.3) is 0 Å². The van der Waals surface area contributed by atoms with E-state index in [9.17, 15) is 4.79 Å². The van der Waals surface area contributed by atoms with Gasteiger partial charge in [-0.15, -0.1) is 0 Å². The van der Waals surface area contributed by atoms with E-state index in [4.69, 9.17) is 0 Å². The first-order chi connectivity index (χ1) is 4.72. The first-order valence-corrected chi connectivity index (χ1v) is 3.67. The lowest BCUT2D eigenvalue weighted by atomic mass is 10.1. The molecule has 0 aromatic rings. The molecule has 1 heterocycles. The molecule has 56 valence electrons. The summed E-state index contributed by atoms with van der Waals surface area (Å²) in [6, 6.07) is 0.391. The van der Waals surface area contributed by atoms with Crippen molar-refractivity contribution in [2.75, 3.05) is 0 Å². The molecular weight excluding hydrogens is 126 g/mol. The summed E-state index contributed by atoms with van der Waals surface area (Å²) < 4.78 is 0. The average molecular weight is 139 g/mol. The van der Waals surface area contributed by atoms with Crippen LogP contribution in [0, 0.1) is 0 Å². The molecule has 1 aliphatic rings. The summed E-state index contributed by atoms with van der Waals surface area (Å²) in [4.78, 5) is 12.7. The third-order valence-corrected chi connectivity index (χ3v) is 1.86. The highest BCUT2D eigenvalue weighted by atomic mass is 16.2. The fraction of sp³-hybridized carbons (Fsp3) is 0.625. The lowest BCUT2D eigenvalue weighted by Crippen LogP contribution is -2.33. The molecule has 10 heavy (non-hydrogen) atoms. The number of hydrogen-bond acceptors (Lipinski definition) is 1. The second-order valence-corrected chi connectivity index (χ2v) is 2.74. The van der Waals surface area contributed by atoms with Gasteiger partial charge in [-0.3, -0.25) is 4.79 Å².